The lowest BCUT2D eigenvalue weighted by Gasteiger charge is -2.32. The monoisotopic (exact) mass is 275 g/mol. The van der Waals surface area contributed by atoms with Crippen molar-refractivity contribution >= 4 is 23.3 Å². The Labute approximate surface area is 117 Å². The van der Waals surface area contributed by atoms with Crippen LogP contribution in [0.2, 0.25) is 0 Å². The fourth-order valence-corrected chi connectivity index (χ4v) is 2.36. The molecule has 1 heterocycles. The van der Waals surface area contributed by atoms with Gasteiger partial charge in [-0.1, -0.05) is 17.7 Å². The number of hydrogen-bond acceptors (Lipinski definition) is 4. The molecule has 106 valence electrons. The minimum atomic E-state index is -1.26. The van der Waals surface area contributed by atoms with Crippen LogP contribution in [0.1, 0.15) is 25.8 Å². The Hall–Kier alpha value is -2.17. The average Bonchev–Trinajstić information content (AvgIpc) is 2.63. The van der Waals surface area contributed by atoms with Gasteiger partial charge < -0.3 is 4.74 Å². The summed E-state index contributed by atoms with van der Waals surface area (Å²) < 4.78 is 5.02. The van der Waals surface area contributed by atoms with Gasteiger partial charge in [-0.05, 0) is 32.9 Å². The molecule has 0 aromatic heterocycles. The van der Waals surface area contributed by atoms with Gasteiger partial charge in [-0.2, -0.15) is 0 Å². The SMILES string of the molecule is CCOC(=O)[C@@]1(C)CC(=O)C(=O)N1c1ccc(C)cc1. The Bertz CT molecular complexity index is 564. The number of ether oxygens (including phenoxy) is 1. The molecule has 1 aliphatic heterocycles. The van der Waals surface area contributed by atoms with Gasteiger partial charge >= 0.3 is 5.97 Å². The zero-order valence-electron chi connectivity index (χ0n) is 11.8. The van der Waals surface area contributed by atoms with Crippen LogP contribution in [0.4, 0.5) is 5.69 Å². The minimum absolute atomic E-state index is 0.154. The van der Waals surface area contributed by atoms with Crippen LogP contribution in [0.15, 0.2) is 24.3 Å². The summed E-state index contributed by atoms with van der Waals surface area (Å²) in [6.45, 7) is 5.38. The Morgan fingerprint density at radius 3 is 2.45 bits per heavy atom. The van der Waals surface area contributed by atoms with Crippen molar-refractivity contribution in [2.24, 2.45) is 0 Å². The zero-order chi connectivity index (χ0) is 14.9. The quantitative estimate of drug-likeness (QED) is 0.621. The summed E-state index contributed by atoms with van der Waals surface area (Å²) >= 11 is 0. The van der Waals surface area contributed by atoms with Crippen molar-refractivity contribution in [3.63, 3.8) is 0 Å². The van der Waals surface area contributed by atoms with Gasteiger partial charge in [-0.3, -0.25) is 14.5 Å². The third kappa shape index (κ3) is 2.19. The second kappa shape index (κ2) is 5.07. The van der Waals surface area contributed by atoms with Gasteiger partial charge in [-0.25, -0.2) is 4.79 Å². The van der Waals surface area contributed by atoms with E-state index in [2.05, 4.69) is 0 Å². The number of aryl methyl sites for hydroxylation is 1. The van der Waals surface area contributed by atoms with Gasteiger partial charge in [0.15, 0.2) is 0 Å². The fourth-order valence-electron chi connectivity index (χ4n) is 2.36. The highest BCUT2D eigenvalue weighted by atomic mass is 16.5. The lowest BCUT2D eigenvalue weighted by Crippen LogP contribution is -2.50. The smallest absolute Gasteiger partial charge is 0.332 e. The van der Waals surface area contributed by atoms with Crippen LogP contribution in [0.3, 0.4) is 0 Å². The van der Waals surface area contributed by atoms with Crippen LogP contribution in [-0.4, -0.2) is 29.8 Å². The first-order chi connectivity index (χ1) is 9.40. The molecular weight excluding hydrogens is 258 g/mol. The number of rotatable bonds is 3. The van der Waals surface area contributed by atoms with E-state index in [0.717, 1.165) is 5.56 Å². The molecule has 1 saturated heterocycles. The molecule has 1 aromatic carbocycles. The predicted molar refractivity (Wildman–Crippen MR) is 73.3 cm³/mol. The number of carbonyl (C=O) groups excluding carboxylic acids is 3. The molecule has 2 rings (SSSR count). The molecular formula is C15H17NO4. The number of Topliss-reactive ketones (excluding diaryl/α,β-unsaturated/α-hetero) is 1. The van der Waals surface area contributed by atoms with Gasteiger partial charge in [0.05, 0.1) is 13.0 Å². The minimum Gasteiger partial charge on any atom is -0.464 e. The van der Waals surface area contributed by atoms with E-state index in [4.69, 9.17) is 4.74 Å². The van der Waals surface area contributed by atoms with E-state index >= 15 is 0 Å². The lowest BCUT2D eigenvalue weighted by atomic mass is 9.98. The van der Waals surface area contributed by atoms with E-state index in [1.165, 1.54) is 4.90 Å². The van der Waals surface area contributed by atoms with E-state index in [9.17, 15) is 14.4 Å². The Morgan fingerprint density at radius 2 is 1.90 bits per heavy atom. The van der Waals surface area contributed by atoms with E-state index < -0.39 is 23.2 Å². The van der Waals surface area contributed by atoms with Crippen molar-refractivity contribution in [3.05, 3.63) is 29.8 Å². The van der Waals surface area contributed by atoms with Crippen LogP contribution in [0.25, 0.3) is 0 Å². The number of hydrogen-bond donors (Lipinski definition) is 0. The van der Waals surface area contributed by atoms with E-state index in [1.54, 1.807) is 26.0 Å². The first-order valence-electron chi connectivity index (χ1n) is 6.51. The van der Waals surface area contributed by atoms with Gasteiger partial charge in [0.25, 0.3) is 5.91 Å². The topological polar surface area (TPSA) is 63.7 Å². The summed E-state index contributed by atoms with van der Waals surface area (Å²) in [7, 11) is 0. The maximum absolute atomic E-state index is 12.1. The Morgan fingerprint density at radius 1 is 1.30 bits per heavy atom. The Balaban J connectivity index is 2.45. The van der Waals surface area contributed by atoms with Gasteiger partial charge in [0, 0.05) is 5.69 Å². The number of carbonyl (C=O) groups is 3. The molecule has 0 aliphatic carbocycles. The second-order valence-electron chi connectivity index (χ2n) is 5.07. The third-order valence-corrected chi connectivity index (χ3v) is 3.45. The van der Waals surface area contributed by atoms with Crippen molar-refractivity contribution in [2.75, 3.05) is 11.5 Å². The first-order valence-corrected chi connectivity index (χ1v) is 6.51. The summed E-state index contributed by atoms with van der Waals surface area (Å²) in [5.41, 5.74) is 0.297. The number of anilines is 1. The molecule has 1 amide bonds. The molecule has 5 heteroatoms. The molecule has 0 spiro atoms. The van der Waals surface area contributed by atoms with E-state index in [-0.39, 0.29) is 13.0 Å². The number of benzene rings is 1. The molecule has 0 unspecified atom stereocenters. The number of ketones is 1. The van der Waals surface area contributed by atoms with Gasteiger partial charge in [0.2, 0.25) is 5.78 Å². The number of esters is 1. The van der Waals surface area contributed by atoms with Crippen molar-refractivity contribution in [3.8, 4) is 0 Å². The molecule has 0 bridgehead atoms. The second-order valence-corrected chi connectivity index (χ2v) is 5.07. The lowest BCUT2D eigenvalue weighted by molar-refractivity contribution is -0.149. The molecule has 20 heavy (non-hydrogen) atoms. The maximum atomic E-state index is 12.1. The van der Waals surface area contributed by atoms with Crippen LogP contribution in [0.5, 0.6) is 0 Å². The summed E-state index contributed by atoms with van der Waals surface area (Å²) in [5, 5.41) is 0. The van der Waals surface area contributed by atoms with Crippen LogP contribution in [-0.2, 0) is 19.1 Å². The Kier molecular flexibility index (Phi) is 3.61. The standard InChI is InChI=1S/C15H17NO4/c1-4-20-14(19)15(3)9-12(17)13(18)16(15)11-7-5-10(2)6-8-11/h5-8H,4,9H2,1-3H3/t15-/m1/s1. The van der Waals surface area contributed by atoms with Crippen LogP contribution < -0.4 is 4.90 Å². The van der Waals surface area contributed by atoms with E-state index in [1.807, 2.05) is 19.1 Å². The molecule has 1 aliphatic rings. The first kappa shape index (κ1) is 14.2. The normalized spacial score (nSPS) is 22.2. The zero-order valence-corrected chi connectivity index (χ0v) is 11.8. The average molecular weight is 275 g/mol. The summed E-state index contributed by atoms with van der Waals surface area (Å²) in [6, 6.07) is 7.11. The number of amides is 1. The highest BCUT2D eigenvalue weighted by molar-refractivity contribution is 6.46. The molecule has 1 aromatic rings. The van der Waals surface area contributed by atoms with Gasteiger partial charge in [-0.15, -0.1) is 0 Å². The van der Waals surface area contributed by atoms with Crippen LogP contribution in [0, 0.1) is 6.92 Å². The van der Waals surface area contributed by atoms with E-state index in [0.29, 0.717) is 5.69 Å². The third-order valence-electron chi connectivity index (χ3n) is 3.45. The highest BCUT2D eigenvalue weighted by Gasteiger charge is 2.54. The molecule has 0 N–H and O–H groups in total. The summed E-state index contributed by atoms with van der Waals surface area (Å²) in [4.78, 5) is 37.2. The highest BCUT2D eigenvalue weighted by Crippen LogP contribution is 2.34. The molecule has 1 fully saturated rings. The van der Waals surface area contributed by atoms with Crippen molar-refractivity contribution < 1.29 is 19.1 Å². The summed E-state index contributed by atoms with van der Waals surface area (Å²) in [6.07, 6.45) is -0.154. The predicted octanol–water partition coefficient (Wildman–Crippen LogP) is 1.62. The van der Waals surface area contributed by atoms with Crippen molar-refractivity contribution in [2.45, 2.75) is 32.7 Å². The number of nitrogens with zero attached hydrogens (tertiary/aromatic N) is 1. The molecule has 0 saturated carbocycles. The largest absolute Gasteiger partial charge is 0.464 e. The fraction of sp³-hybridized carbons (Fsp3) is 0.400. The van der Waals surface area contributed by atoms with Crippen molar-refractivity contribution in [1.82, 2.24) is 0 Å². The maximum Gasteiger partial charge on any atom is 0.332 e. The molecule has 0 radical (unpaired) electrons. The van der Waals surface area contributed by atoms with Crippen LogP contribution >= 0.6 is 0 Å². The van der Waals surface area contributed by atoms with Crippen molar-refractivity contribution in [1.29, 1.82) is 0 Å². The summed E-state index contributed by atoms with van der Waals surface area (Å²) in [5.74, 6) is -1.79. The molecule has 5 nitrogen and oxygen atoms in total. The molecule has 1 atom stereocenters. The van der Waals surface area contributed by atoms with Gasteiger partial charge in [0.1, 0.15) is 5.54 Å².